The zero-order valence-electron chi connectivity index (χ0n) is 20.9. The zero-order valence-corrected chi connectivity index (χ0v) is 22.5. The minimum absolute atomic E-state index is 0. The van der Waals surface area contributed by atoms with Crippen molar-refractivity contribution in [3.8, 4) is 0 Å². The summed E-state index contributed by atoms with van der Waals surface area (Å²) in [6.45, 7) is 12.0. The van der Waals surface area contributed by atoms with Gasteiger partial charge < -0.3 is 22.8 Å². The fourth-order valence-electron chi connectivity index (χ4n) is 7.49. The first-order valence-corrected chi connectivity index (χ1v) is 13.8. The van der Waals surface area contributed by atoms with E-state index in [4.69, 9.17) is 5.11 Å². The number of carbonyl (C=O) groups is 1. The van der Waals surface area contributed by atoms with Crippen molar-refractivity contribution < 1.29 is 36.0 Å². The van der Waals surface area contributed by atoms with E-state index in [1.54, 1.807) is 13.8 Å². The molecule has 34 heavy (non-hydrogen) atoms. The number of carbonyl (C=O) groups excluding carboxylic acids is 1. The molecule has 3 heterocycles. The Labute approximate surface area is 209 Å². The lowest BCUT2D eigenvalue weighted by atomic mass is 9.69. The number of aliphatic hydroxyl groups is 1. The molecule has 4 bridgehead atoms. The highest BCUT2D eigenvalue weighted by Crippen LogP contribution is 2.70. The van der Waals surface area contributed by atoms with Gasteiger partial charge in [0.2, 0.25) is 15.6 Å². The fraction of sp³-hybridized carbons (Fsp3) is 0.654. The Morgan fingerprint density at radius 1 is 1.21 bits per heavy atom. The summed E-state index contributed by atoms with van der Waals surface area (Å²) in [7, 11) is -3.62. The lowest BCUT2D eigenvalue weighted by Crippen LogP contribution is -3.00. The predicted molar refractivity (Wildman–Crippen MR) is 127 cm³/mol. The quantitative estimate of drug-likeness (QED) is 0.498. The Balaban J connectivity index is 0.000000511. The molecule has 1 aromatic carbocycles. The summed E-state index contributed by atoms with van der Waals surface area (Å²) in [6.07, 6.45) is 6.68. The minimum atomic E-state index is -3.62. The summed E-state index contributed by atoms with van der Waals surface area (Å²) in [4.78, 5) is 14.1. The number of quaternary nitrogens is 1. The van der Waals surface area contributed by atoms with Crippen molar-refractivity contribution in [3.63, 3.8) is 0 Å². The van der Waals surface area contributed by atoms with Crippen LogP contribution in [0.3, 0.4) is 0 Å². The minimum Gasteiger partial charge on any atom is -1.00 e. The molecule has 2 saturated carbocycles. The smallest absolute Gasteiger partial charge is 0.306 e. The second-order valence-electron chi connectivity index (χ2n) is 11.8. The molecule has 6 rings (SSSR count). The maximum Gasteiger partial charge on any atom is 0.306 e. The van der Waals surface area contributed by atoms with Crippen LogP contribution in [0.4, 0.5) is 0 Å². The van der Waals surface area contributed by atoms with Gasteiger partial charge in [-0.2, -0.15) is 0 Å². The number of amides is 1. The summed E-state index contributed by atoms with van der Waals surface area (Å²) in [5.41, 5.74) is 3.25. The number of hydrogen-bond acceptors (Lipinski definition) is 4. The summed E-state index contributed by atoms with van der Waals surface area (Å²) in [6, 6.07) is 4.19. The van der Waals surface area contributed by atoms with Crippen LogP contribution < -0.4 is 17.7 Å². The van der Waals surface area contributed by atoms with Crippen LogP contribution in [-0.4, -0.2) is 41.6 Å². The Morgan fingerprint density at radius 2 is 1.82 bits per heavy atom. The molecular weight excluding hydrogens is 472 g/mol. The molecule has 0 unspecified atom stereocenters. The largest absolute Gasteiger partial charge is 1.00 e. The molecule has 1 aromatic rings. The first kappa shape index (κ1) is 25.7. The first-order valence-electron chi connectivity index (χ1n) is 12.2. The van der Waals surface area contributed by atoms with Crippen LogP contribution in [0.25, 0.3) is 0 Å². The van der Waals surface area contributed by atoms with Crippen LogP contribution in [0.15, 0.2) is 24.3 Å². The third-order valence-electron chi connectivity index (χ3n) is 9.44. The molecular formula is C26H37ClN2O4S. The van der Waals surface area contributed by atoms with Crippen molar-refractivity contribution in [1.82, 2.24) is 4.31 Å². The van der Waals surface area contributed by atoms with Gasteiger partial charge in [-0.3, -0.25) is 4.79 Å². The number of nitrogens with two attached hydrogens (primary N) is 1. The van der Waals surface area contributed by atoms with Crippen LogP contribution in [0.5, 0.6) is 0 Å². The van der Waals surface area contributed by atoms with Gasteiger partial charge in [0.15, 0.2) is 0 Å². The third kappa shape index (κ3) is 3.12. The van der Waals surface area contributed by atoms with E-state index in [1.165, 1.54) is 9.87 Å². The van der Waals surface area contributed by atoms with Gasteiger partial charge in [-0.25, -0.2) is 12.7 Å². The Bertz CT molecular complexity index is 1170. The molecule has 5 aliphatic rings. The molecule has 3 aliphatic heterocycles. The van der Waals surface area contributed by atoms with Crippen molar-refractivity contribution in [2.45, 2.75) is 84.5 Å². The molecule has 5 atom stereocenters. The molecule has 188 valence electrons. The van der Waals surface area contributed by atoms with Crippen molar-refractivity contribution >= 4 is 15.9 Å². The monoisotopic (exact) mass is 508 g/mol. The van der Waals surface area contributed by atoms with Crippen LogP contribution in [0, 0.1) is 30.6 Å². The molecule has 2 aliphatic carbocycles. The van der Waals surface area contributed by atoms with E-state index in [0.29, 0.717) is 5.92 Å². The highest BCUT2D eigenvalue weighted by atomic mass is 35.5. The summed E-state index contributed by atoms with van der Waals surface area (Å²) < 4.78 is 28.2. The van der Waals surface area contributed by atoms with Gasteiger partial charge in [0.05, 0.1) is 11.8 Å². The van der Waals surface area contributed by atoms with E-state index in [1.807, 2.05) is 6.08 Å². The Morgan fingerprint density at radius 3 is 2.44 bits per heavy atom. The average molecular weight is 509 g/mol. The lowest BCUT2D eigenvalue weighted by molar-refractivity contribution is -0.720. The molecule has 0 aromatic heterocycles. The number of rotatable bonds is 1. The number of sulfonamides is 1. The van der Waals surface area contributed by atoms with Crippen LogP contribution in [0.1, 0.15) is 75.3 Å². The fourth-order valence-corrected chi connectivity index (χ4v) is 10.1. The van der Waals surface area contributed by atoms with E-state index in [-0.39, 0.29) is 53.1 Å². The van der Waals surface area contributed by atoms with E-state index < -0.39 is 15.6 Å². The van der Waals surface area contributed by atoms with Gasteiger partial charge in [-0.15, -0.1) is 0 Å². The average Bonchev–Trinajstić information content (AvgIpc) is 3.42. The summed E-state index contributed by atoms with van der Waals surface area (Å²) in [5, 5.41) is 10.1. The molecule has 1 saturated heterocycles. The van der Waals surface area contributed by atoms with Crippen LogP contribution in [-0.2, 0) is 20.4 Å². The molecule has 1 spiro atoms. The molecule has 1 amide bonds. The highest BCUT2D eigenvalue weighted by Gasteiger charge is 2.74. The zero-order chi connectivity index (χ0) is 24.1. The number of aryl methyl sites for hydroxylation is 2. The van der Waals surface area contributed by atoms with Gasteiger partial charge in [-0.05, 0) is 93.7 Å². The second-order valence-corrected chi connectivity index (χ2v) is 13.6. The first-order chi connectivity index (χ1) is 15.3. The number of aliphatic hydroxyl groups excluding tert-OH is 1. The topological polar surface area (TPSA) is 91.3 Å². The van der Waals surface area contributed by atoms with Crippen LogP contribution in [0.2, 0.25) is 0 Å². The van der Waals surface area contributed by atoms with Gasteiger partial charge in [0.1, 0.15) is 6.04 Å². The number of halogens is 1. The third-order valence-corrected chi connectivity index (χ3v) is 11.3. The maximum atomic E-state index is 14.1. The van der Waals surface area contributed by atoms with Crippen molar-refractivity contribution in [2.24, 2.45) is 16.7 Å². The number of fused-ring (bicyclic) bond motifs is 6. The van der Waals surface area contributed by atoms with Gasteiger partial charge in [-0.1, -0.05) is 13.8 Å². The SMILES string of the molecule is CC(C)O.Cc1cc2c(cc1C)[C@@]1(C(=O)N3[C@@H]4C[C@H]5CC[C@]4(CS3(=O)=O)C5(C)C)C=C[C@@H]2[NH2+]1.[Cl-]. The second kappa shape index (κ2) is 7.79. The van der Waals surface area contributed by atoms with Gasteiger partial charge in [0.25, 0.3) is 0 Å². The van der Waals surface area contributed by atoms with E-state index in [2.05, 4.69) is 51.2 Å². The Kier molecular flexibility index (Phi) is 5.88. The van der Waals surface area contributed by atoms with Crippen molar-refractivity contribution in [2.75, 3.05) is 5.75 Å². The molecule has 3 N–H and O–H groups in total. The molecule has 8 heteroatoms. The van der Waals surface area contributed by atoms with E-state index >= 15 is 0 Å². The van der Waals surface area contributed by atoms with E-state index in [0.717, 1.165) is 36.0 Å². The van der Waals surface area contributed by atoms with Gasteiger partial charge >= 0.3 is 5.91 Å². The van der Waals surface area contributed by atoms with E-state index in [9.17, 15) is 13.2 Å². The summed E-state index contributed by atoms with van der Waals surface area (Å²) >= 11 is 0. The van der Waals surface area contributed by atoms with Crippen molar-refractivity contribution in [3.05, 3.63) is 46.5 Å². The number of benzene rings is 1. The molecule has 6 nitrogen and oxygen atoms in total. The summed E-state index contributed by atoms with van der Waals surface area (Å²) in [5.74, 6) is 0.388. The normalized spacial score (nSPS) is 36.7. The molecule has 3 fully saturated rings. The predicted octanol–water partition coefficient (Wildman–Crippen LogP) is -0.555. The lowest BCUT2D eigenvalue weighted by Gasteiger charge is -2.37. The highest BCUT2D eigenvalue weighted by molar-refractivity contribution is 7.90. The van der Waals surface area contributed by atoms with Crippen LogP contribution >= 0.6 is 0 Å². The number of hydrogen-bond donors (Lipinski definition) is 2. The number of nitrogens with zero attached hydrogens (tertiary/aromatic N) is 1. The van der Waals surface area contributed by atoms with Crippen molar-refractivity contribution in [1.29, 1.82) is 0 Å². The maximum absolute atomic E-state index is 14.1. The van der Waals surface area contributed by atoms with Gasteiger partial charge in [0, 0.05) is 22.6 Å². The molecule has 0 radical (unpaired) electrons. The standard InChI is InChI=1S/C23H28N2O3S.C3H8O.ClH/c1-13-9-16-17(10-14(13)2)23(8-6-18(16)24-23)20(26)25-19-11-15-5-7-22(19,21(15,3)4)12-29(25,27)28;1-3(2)4;/h6,8-10,15,18-19,24H,5,7,11-12H2,1-4H3;3-4H,1-2H3;1H/t15-,18+,19-,22-,23-;;/m1../s1. The Hall–Kier alpha value is -1.41.